The minimum Gasteiger partial charge on any atom is -0.329 e. The van der Waals surface area contributed by atoms with E-state index in [2.05, 4.69) is 25.7 Å². The maximum absolute atomic E-state index is 6.14. The van der Waals surface area contributed by atoms with Crippen molar-refractivity contribution >= 4 is 0 Å². The fourth-order valence-electron chi connectivity index (χ4n) is 3.90. The largest absolute Gasteiger partial charge is 0.329 e. The van der Waals surface area contributed by atoms with Crippen LogP contribution in [-0.2, 0) is 0 Å². The summed E-state index contributed by atoms with van der Waals surface area (Å²) in [6.45, 7) is 10.6. The SMILES string of the molecule is CC1CCN(C2(CN)CCCC(C)(C)C2)C1. The van der Waals surface area contributed by atoms with Crippen LogP contribution in [0.5, 0.6) is 0 Å². The zero-order valence-corrected chi connectivity index (χ0v) is 11.3. The summed E-state index contributed by atoms with van der Waals surface area (Å²) < 4.78 is 0. The molecule has 1 aliphatic carbocycles. The van der Waals surface area contributed by atoms with E-state index in [4.69, 9.17) is 5.73 Å². The van der Waals surface area contributed by atoms with Gasteiger partial charge < -0.3 is 5.73 Å². The summed E-state index contributed by atoms with van der Waals surface area (Å²) in [5.74, 6) is 0.869. The van der Waals surface area contributed by atoms with Crippen LogP contribution in [0.2, 0.25) is 0 Å². The summed E-state index contributed by atoms with van der Waals surface area (Å²) in [4.78, 5) is 2.71. The highest BCUT2D eigenvalue weighted by atomic mass is 15.2. The molecule has 0 amide bonds. The Morgan fingerprint density at radius 2 is 2.06 bits per heavy atom. The number of nitrogens with two attached hydrogens (primary N) is 1. The van der Waals surface area contributed by atoms with Crippen molar-refractivity contribution in [2.45, 2.75) is 58.4 Å². The average Bonchev–Trinajstić information content (AvgIpc) is 2.63. The van der Waals surface area contributed by atoms with Gasteiger partial charge in [0.25, 0.3) is 0 Å². The number of likely N-dealkylation sites (tertiary alicyclic amines) is 1. The van der Waals surface area contributed by atoms with Gasteiger partial charge in [0.2, 0.25) is 0 Å². The Kier molecular flexibility index (Phi) is 3.33. The van der Waals surface area contributed by atoms with Crippen molar-refractivity contribution in [2.75, 3.05) is 19.6 Å². The Morgan fingerprint density at radius 1 is 1.31 bits per heavy atom. The summed E-state index contributed by atoms with van der Waals surface area (Å²) in [6, 6.07) is 0. The highest BCUT2D eigenvalue weighted by Crippen LogP contribution is 2.44. The average molecular weight is 224 g/mol. The first-order chi connectivity index (χ1) is 7.47. The quantitative estimate of drug-likeness (QED) is 0.781. The van der Waals surface area contributed by atoms with Gasteiger partial charge in [0.05, 0.1) is 0 Å². The van der Waals surface area contributed by atoms with Gasteiger partial charge in [0.15, 0.2) is 0 Å². The third kappa shape index (κ3) is 2.28. The highest BCUT2D eigenvalue weighted by Gasteiger charge is 2.44. The van der Waals surface area contributed by atoms with E-state index in [1.165, 1.54) is 45.2 Å². The molecule has 2 rings (SSSR count). The zero-order valence-electron chi connectivity index (χ0n) is 11.3. The van der Waals surface area contributed by atoms with Gasteiger partial charge in [-0.2, -0.15) is 0 Å². The molecule has 0 spiro atoms. The van der Waals surface area contributed by atoms with E-state index in [0.717, 1.165) is 12.5 Å². The fraction of sp³-hybridized carbons (Fsp3) is 1.00. The molecule has 0 aromatic carbocycles. The molecule has 2 N–H and O–H groups in total. The van der Waals surface area contributed by atoms with Crippen molar-refractivity contribution in [3.05, 3.63) is 0 Å². The van der Waals surface area contributed by atoms with Crippen LogP contribution in [0.25, 0.3) is 0 Å². The van der Waals surface area contributed by atoms with Crippen molar-refractivity contribution in [1.29, 1.82) is 0 Å². The molecule has 2 heteroatoms. The predicted molar refractivity (Wildman–Crippen MR) is 69.4 cm³/mol. The topological polar surface area (TPSA) is 29.3 Å². The van der Waals surface area contributed by atoms with Crippen LogP contribution in [0.1, 0.15) is 52.9 Å². The van der Waals surface area contributed by atoms with E-state index < -0.39 is 0 Å². The highest BCUT2D eigenvalue weighted by molar-refractivity contribution is 5.01. The normalized spacial score (nSPS) is 40.1. The van der Waals surface area contributed by atoms with Crippen LogP contribution < -0.4 is 5.73 Å². The Labute approximate surface area is 101 Å². The zero-order chi connectivity index (χ0) is 11.8. The molecule has 2 fully saturated rings. The number of rotatable bonds is 2. The van der Waals surface area contributed by atoms with E-state index in [-0.39, 0.29) is 0 Å². The van der Waals surface area contributed by atoms with Crippen molar-refractivity contribution in [3.63, 3.8) is 0 Å². The van der Waals surface area contributed by atoms with Gasteiger partial charge in [-0.25, -0.2) is 0 Å². The molecule has 2 unspecified atom stereocenters. The minimum atomic E-state index is 0.326. The second-order valence-corrected chi connectivity index (χ2v) is 6.96. The van der Waals surface area contributed by atoms with Crippen LogP contribution in [0.4, 0.5) is 0 Å². The van der Waals surface area contributed by atoms with Crippen LogP contribution in [0, 0.1) is 11.3 Å². The number of hydrogen-bond donors (Lipinski definition) is 1. The summed E-state index contributed by atoms with van der Waals surface area (Å²) in [6.07, 6.45) is 6.71. The number of nitrogens with zero attached hydrogens (tertiary/aromatic N) is 1. The summed E-state index contributed by atoms with van der Waals surface area (Å²) in [5.41, 5.74) is 6.96. The van der Waals surface area contributed by atoms with Crippen molar-refractivity contribution in [3.8, 4) is 0 Å². The van der Waals surface area contributed by atoms with Crippen LogP contribution in [0.3, 0.4) is 0 Å². The molecule has 1 saturated heterocycles. The third-order valence-electron chi connectivity index (χ3n) is 4.78. The molecule has 1 saturated carbocycles. The molecule has 16 heavy (non-hydrogen) atoms. The molecular weight excluding hydrogens is 196 g/mol. The maximum atomic E-state index is 6.14. The minimum absolute atomic E-state index is 0.326. The second-order valence-electron chi connectivity index (χ2n) is 6.96. The molecule has 0 aromatic rings. The van der Waals surface area contributed by atoms with Gasteiger partial charge in [-0.05, 0) is 43.6 Å². The number of hydrogen-bond acceptors (Lipinski definition) is 2. The molecule has 94 valence electrons. The summed E-state index contributed by atoms with van der Waals surface area (Å²) >= 11 is 0. The maximum Gasteiger partial charge on any atom is 0.0336 e. The van der Waals surface area contributed by atoms with Gasteiger partial charge >= 0.3 is 0 Å². The monoisotopic (exact) mass is 224 g/mol. The lowest BCUT2D eigenvalue weighted by molar-refractivity contribution is 0.0238. The molecule has 2 aliphatic rings. The Hall–Kier alpha value is -0.0800. The second kappa shape index (κ2) is 4.30. The summed E-state index contributed by atoms with van der Waals surface area (Å²) in [7, 11) is 0. The molecule has 1 aliphatic heterocycles. The Morgan fingerprint density at radius 3 is 2.56 bits per heavy atom. The lowest BCUT2D eigenvalue weighted by Gasteiger charge is -2.50. The fourth-order valence-corrected chi connectivity index (χ4v) is 3.90. The van der Waals surface area contributed by atoms with Gasteiger partial charge in [-0.15, -0.1) is 0 Å². The van der Waals surface area contributed by atoms with Crippen molar-refractivity contribution < 1.29 is 0 Å². The van der Waals surface area contributed by atoms with Crippen LogP contribution in [0.15, 0.2) is 0 Å². The molecule has 0 aromatic heterocycles. The summed E-state index contributed by atoms with van der Waals surface area (Å²) in [5, 5.41) is 0. The molecule has 2 atom stereocenters. The first kappa shape index (κ1) is 12.4. The molecular formula is C14H28N2. The third-order valence-corrected chi connectivity index (χ3v) is 4.78. The van der Waals surface area contributed by atoms with E-state index in [1.54, 1.807) is 0 Å². The van der Waals surface area contributed by atoms with E-state index in [1.807, 2.05) is 0 Å². The van der Waals surface area contributed by atoms with Crippen LogP contribution in [-0.4, -0.2) is 30.1 Å². The van der Waals surface area contributed by atoms with Gasteiger partial charge in [-0.3, -0.25) is 4.90 Å². The molecule has 1 heterocycles. The molecule has 0 radical (unpaired) electrons. The van der Waals surface area contributed by atoms with E-state index >= 15 is 0 Å². The van der Waals surface area contributed by atoms with Crippen molar-refractivity contribution in [2.24, 2.45) is 17.1 Å². The molecule has 2 nitrogen and oxygen atoms in total. The first-order valence-electron chi connectivity index (χ1n) is 6.93. The predicted octanol–water partition coefficient (Wildman–Crippen LogP) is 2.63. The Balaban J connectivity index is 2.12. The standard InChI is InChI=1S/C14H28N2/c1-12-5-8-16(9-12)14(11-15)7-4-6-13(2,3)10-14/h12H,4-11,15H2,1-3H3. The molecule has 0 bridgehead atoms. The van der Waals surface area contributed by atoms with Gasteiger partial charge in [0, 0.05) is 18.6 Å². The Bertz CT molecular complexity index is 249. The first-order valence-corrected chi connectivity index (χ1v) is 6.93. The van der Waals surface area contributed by atoms with E-state index in [9.17, 15) is 0 Å². The van der Waals surface area contributed by atoms with Crippen LogP contribution >= 0.6 is 0 Å². The smallest absolute Gasteiger partial charge is 0.0336 e. The van der Waals surface area contributed by atoms with Crippen molar-refractivity contribution in [1.82, 2.24) is 4.90 Å². The lowest BCUT2D eigenvalue weighted by Crippen LogP contribution is -2.56. The van der Waals surface area contributed by atoms with E-state index in [0.29, 0.717) is 11.0 Å². The van der Waals surface area contributed by atoms with Gasteiger partial charge in [0.1, 0.15) is 0 Å². The van der Waals surface area contributed by atoms with Gasteiger partial charge in [-0.1, -0.05) is 27.2 Å². The lowest BCUT2D eigenvalue weighted by atomic mass is 9.67.